The van der Waals surface area contributed by atoms with Gasteiger partial charge in [-0.2, -0.15) is 0 Å². The van der Waals surface area contributed by atoms with Crippen molar-refractivity contribution in [3.8, 4) is 0 Å². The van der Waals surface area contributed by atoms with Crippen LogP contribution >= 0.6 is 23.5 Å². The molecule has 1 fully saturated rings. The Morgan fingerprint density at radius 3 is 2.50 bits per heavy atom. The lowest BCUT2D eigenvalue weighted by molar-refractivity contribution is 0.691. The zero-order valence-corrected chi connectivity index (χ0v) is 6.94. The third-order valence-corrected chi connectivity index (χ3v) is 3.47. The third kappa shape index (κ3) is 1.90. The van der Waals surface area contributed by atoms with Crippen LogP contribution in [0.2, 0.25) is 0 Å². The summed E-state index contributed by atoms with van der Waals surface area (Å²) in [7, 11) is 0. The van der Waals surface area contributed by atoms with Crippen molar-refractivity contribution in [1.29, 1.82) is 0 Å². The van der Waals surface area contributed by atoms with Crippen LogP contribution in [-0.4, -0.2) is 10.5 Å². The number of rotatable bonds is 0. The van der Waals surface area contributed by atoms with Crippen LogP contribution in [0.5, 0.6) is 0 Å². The monoisotopic (exact) mass is 147 g/mol. The molecular weight excluding hydrogens is 136 g/mol. The third-order valence-electron chi connectivity index (χ3n) is 1.26. The maximum atomic E-state index is 2.30. The van der Waals surface area contributed by atoms with E-state index in [4.69, 9.17) is 0 Å². The maximum Gasteiger partial charge on any atom is 0.0717 e. The van der Waals surface area contributed by atoms with E-state index < -0.39 is 0 Å². The fourth-order valence-corrected chi connectivity index (χ4v) is 3.25. The number of hydrogen-bond donors (Lipinski definition) is 0. The molecule has 0 aromatic heterocycles. The van der Waals surface area contributed by atoms with Gasteiger partial charge in [0.05, 0.1) is 5.08 Å². The fourth-order valence-electron chi connectivity index (χ4n) is 0.576. The molecule has 0 amide bonds. The average Bonchev–Trinajstić information content (AvgIpc) is 1.65. The Morgan fingerprint density at radius 2 is 2.25 bits per heavy atom. The lowest BCUT2D eigenvalue weighted by Crippen LogP contribution is -2.17. The molecule has 1 rings (SSSR count). The van der Waals surface area contributed by atoms with Gasteiger partial charge in [0, 0.05) is 4.75 Å². The van der Waals surface area contributed by atoms with E-state index in [-0.39, 0.29) is 0 Å². The van der Waals surface area contributed by atoms with Gasteiger partial charge in [0.25, 0.3) is 0 Å². The van der Waals surface area contributed by atoms with Crippen LogP contribution in [0.1, 0.15) is 20.3 Å². The second kappa shape index (κ2) is 2.53. The van der Waals surface area contributed by atoms with E-state index in [1.807, 2.05) is 23.5 Å². The van der Waals surface area contributed by atoms with E-state index in [1.54, 1.807) is 0 Å². The summed E-state index contributed by atoms with van der Waals surface area (Å²) in [4.78, 5) is 0. The maximum absolute atomic E-state index is 2.30. The lowest BCUT2D eigenvalue weighted by atomic mass is 10.1. The van der Waals surface area contributed by atoms with Crippen molar-refractivity contribution < 1.29 is 0 Å². The van der Waals surface area contributed by atoms with Crippen LogP contribution in [0.15, 0.2) is 0 Å². The summed E-state index contributed by atoms with van der Waals surface area (Å²) < 4.78 is 0.519. The molecule has 1 radical (unpaired) electrons. The minimum absolute atomic E-state index is 0.519. The molecule has 2 heteroatoms. The second-order valence-corrected chi connectivity index (χ2v) is 5.45. The molecule has 0 spiro atoms. The van der Waals surface area contributed by atoms with Gasteiger partial charge in [-0.3, -0.25) is 0 Å². The van der Waals surface area contributed by atoms with Gasteiger partial charge in [0.1, 0.15) is 0 Å². The smallest absolute Gasteiger partial charge is 0.0717 e. The zero-order valence-electron chi connectivity index (χ0n) is 5.31. The Bertz CT molecular complexity index is 70.6. The van der Waals surface area contributed by atoms with Crippen molar-refractivity contribution >= 4 is 23.5 Å². The summed E-state index contributed by atoms with van der Waals surface area (Å²) in [6.07, 6.45) is 1.35. The Kier molecular flexibility index (Phi) is 2.15. The molecule has 1 aliphatic heterocycles. The van der Waals surface area contributed by atoms with Gasteiger partial charge in [-0.15, -0.1) is 23.5 Å². The van der Waals surface area contributed by atoms with Crippen LogP contribution in [0, 0.1) is 5.08 Å². The van der Waals surface area contributed by atoms with Crippen molar-refractivity contribution in [2.24, 2.45) is 0 Å². The van der Waals surface area contributed by atoms with Gasteiger partial charge in [0.2, 0.25) is 0 Å². The lowest BCUT2D eigenvalue weighted by Gasteiger charge is -2.27. The molecule has 0 unspecified atom stereocenters. The van der Waals surface area contributed by atoms with Crippen LogP contribution in [0.4, 0.5) is 0 Å². The molecule has 0 N–H and O–H groups in total. The Balaban J connectivity index is 2.33. The Morgan fingerprint density at radius 1 is 1.50 bits per heavy atom. The molecule has 1 saturated heterocycles. The minimum Gasteiger partial charge on any atom is -0.145 e. The zero-order chi connectivity index (χ0) is 6.04. The number of thioether (sulfide) groups is 2. The molecule has 0 aromatic carbocycles. The predicted molar refractivity (Wildman–Crippen MR) is 43.0 cm³/mol. The highest BCUT2D eigenvalue weighted by Crippen LogP contribution is 2.40. The first-order valence-corrected chi connectivity index (χ1v) is 4.75. The molecule has 1 heterocycles. The van der Waals surface area contributed by atoms with E-state index in [1.165, 1.54) is 12.2 Å². The van der Waals surface area contributed by atoms with Crippen LogP contribution in [0.3, 0.4) is 0 Å². The topological polar surface area (TPSA) is 0 Å². The summed E-state index contributed by atoms with van der Waals surface area (Å²) >= 11 is 3.89. The molecule has 1 aliphatic rings. The van der Waals surface area contributed by atoms with Gasteiger partial charge in [-0.05, 0) is 12.2 Å². The minimum atomic E-state index is 0.519. The SMILES string of the molecule is CC1(C)CCS[CH]S1. The van der Waals surface area contributed by atoms with Gasteiger partial charge in [0.15, 0.2) is 0 Å². The molecule has 8 heavy (non-hydrogen) atoms. The molecule has 0 aliphatic carbocycles. The Labute approximate surface area is 59.8 Å². The molecule has 0 saturated carbocycles. The number of hydrogen-bond acceptors (Lipinski definition) is 2. The van der Waals surface area contributed by atoms with Crippen molar-refractivity contribution in [2.75, 3.05) is 5.75 Å². The highest BCUT2D eigenvalue weighted by molar-refractivity contribution is 8.20. The van der Waals surface area contributed by atoms with Gasteiger partial charge in [-0.25, -0.2) is 0 Å². The molecule has 0 nitrogen and oxygen atoms in total. The predicted octanol–water partition coefficient (Wildman–Crippen LogP) is 2.75. The molecule has 0 bridgehead atoms. The standard InChI is InChI=1S/C6H11S2/c1-6(2)3-4-7-5-8-6/h5H,3-4H2,1-2H3. The summed E-state index contributed by atoms with van der Waals surface area (Å²) in [6.45, 7) is 4.60. The quantitative estimate of drug-likeness (QED) is 0.517. The van der Waals surface area contributed by atoms with E-state index in [0.29, 0.717) is 4.75 Å². The van der Waals surface area contributed by atoms with E-state index >= 15 is 0 Å². The highest BCUT2D eigenvalue weighted by atomic mass is 32.2. The van der Waals surface area contributed by atoms with E-state index in [9.17, 15) is 0 Å². The van der Waals surface area contributed by atoms with Crippen LogP contribution in [0.25, 0.3) is 0 Å². The largest absolute Gasteiger partial charge is 0.145 e. The first-order chi connectivity index (χ1) is 3.71. The van der Waals surface area contributed by atoms with Gasteiger partial charge < -0.3 is 0 Å². The van der Waals surface area contributed by atoms with Crippen molar-refractivity contribution in [3.05, 3.63) is 5.08 Å². The normalized spacial score (nSPS) is 27.8. The first-order valence-electron chi connectivity index (χ1n) is 2.82. The average molecular weight is 147 g/mol. The van der Waals surface area contributed by atoms with Gasteiger partial charge in [-0.1, -0.05) is 13.8 Å². The summed E-state index contributed by atoms with van der Waals surface area (Å²) in [6, 6.07) is 0. The van der Waals surface area contributed by atoms with Crippen molar-refractivity contribution in [2.45, 2.75) is 25.0 Å². The van der Waals surface area contributed by atoms with Crippen LogP contribution in [-0.2, 0) is 0 Å². The van der Waals surface area contributed by atoms with Crippen LogP contribution < -0.4 is 0 Å². The molecular formula is C6H11S2. The molecule has 0 aromatic rings. The molecule has 47 valence electrons. The fraction of sp³-hybridized carbons (Fsp3) is 0.833. The molecule has 0 atom stereocenters. The van der Waals surface area contributed by atoms with E-state index in [2.05, 4.69) is 18.9 Å². The summed E-state index contributed by atoms with van der Waals surface area (Å²) in [5.74, 6) is 1.31. The first kappa shape index (κ1) is 6.81. The van der Waals surface area contributed by atoms with Gasteiger partial charge >= 0.3 is 0 Å². The summed E-state index contributed by atoms with van der Waals surface area (Å²) in [5.41, 5.74) is 0. The Hall–Kier alpha value is 0.700. The van der Waals surface area contributed by atoms with Crippen molar-refractivity contribution in [3.63, 3.8) is 0 Å². The second-order valence-electron chi connectivity index (χ2n) is 2.59. The highest BCUT2D eigenvalue weighted by Gasteiger charge is 2.21. The van der Waals surface area contributed by atoms with Crippen molar-refractivity contribution in [1.82, 2.24) is 0 Å². The summed E-state index contributed by atoms with van der Waals surface area (Å²) in [5, 5.41) is 2.25. The van der Waals surface area contributed by atoms with E-state index in [0.717, 1.165) is 0 Å².